The lowest BCUT2D eigenvalue weighted by molar-refractivity contribution is -0.152. The summed E-state index contributed by atoms with van der Waals surface area (Å²) in [6.07, 6.45) is 2.27. The van der Waals surface area contributed by atoms with E-state index in [9.17, 15) is 9.90 Å². The number of aliphatic carboxylic acids is 1. The Kier molecular flexibility index (Phi) is 4.25. The minimum atomic E-state index is -0.620. The number of aryl methyl sites for hydroxylation is 1. The van der Waals surface area contributed by atoms with E-state index >= 15 is 0 Å². The Morgan fingerprint density at radius 3 is 2.58 bits per heavy atom. The molecule has 1 fully saturated rings. The summed E-state index contributed by atoms with van der Waals surface area (Å²) in [7, 11) is 0. The largest absolute Gasteiger partial charge is 0.481 e. The van der Waals surface area contributed by atoms with Crippen molar-refractivity contribution < 1.29 is 9.90 Å². The van der Waals surface area contributed by atoms with E-state index in [1.54, 1.807) is 0 Å². The van der Waals surface area contributed by atoms with Crippen molar-refractivity contribution in [2.75, 3.05) is 13.1 Å². The first-order valence-electron chi connectivity index (χ1n) is 7.07. The predicted octanol–water partition coefficient (Wildman–Crippen LogP) is 3.07. The fourth-order valence-electron chi connectivity index (χ4n) is 2.93. The molecule has 0 atom stereocenters. The summed E-state index contributed by atoms with van der Waals surface area (Å²) < 4.78 is 0. The Morgan fingerprint density at radius 2 is 2.05 bits per heavy atom. The third kappa shape index (κ3) is 3.16. The van der Waals surface area contributed by atoms with Crippen molar-refractivity contribution in [1.82, 2.24) is 4.90 Å². The molecule has 1 heterocycles. The molecule has 1 aliphatic rings. The van der Waals surface area contributed by atoms with Crippen molar-refractivity contribution in [3.8, 4) is 0 Å². The first-order chi connectivity index (χ1) is 9.05. The number of carbonyl (C=O) groups is 1. The number of rotatable bonds is 4. The SMILES string of the molecule is CCC1(C(=O)O)CCN(Cc2cccc(C)c2)CC1. The first-order valence-corrected chi connectivity index (χ1v) is 7.07. The summed E-state index contributed by atoms with van der Waals surface area (Å²) >= 11 is 0. The molecule has 0 radical (unpaired) electrons. The van der Waals surface area contributed by atoms with Gasteiger partial charge in [0.25, 0.3) is 0 Å². The van der Waals surface area contributed by atoms with Crippen molar-refractivity contribution in [3.05, 3.63) is 35.4 Å². The molecule has 1 aromatic rings. The number of benzene rings is 1. The zero-order valence-corrected chi connectivity index (χ0v) is 11.9. The summed E-state index contributed by atoms with van der Waals surface area (Å²) in [6, 6.07) is 8.54. The molecule has 1 N–H and O–H groups in total. The van der Waals surface area contributed by atoms with Gasteiger partial charge in [-0.15, -0.1) is 0 Å². The molecule has 1 aliphatic heterocycles. The van der Waals surface area contributed by atoms with E-state index in [1.165, 1.54) is 11.1 Å². The highest BCUT2D eigenvalue weighted by molar-refractivity contribution is 5.74. The van der Waals surface area contributed by atoms with Crippen LogP contribution < -0.4 is 0 Å². The van der Waals surface area contributed by atoms with Gasteiger partial charge in [0.05, 0.1) is 5.41 Å². The summed E-state index contributed by atoms with van der Waals surface area (Å²) in [5, 5.41) is 9.38. The van der Waals surface area contributed by atoms with Crippen LogP contribution in [0.2, 0.25) is 0 Å². The molecular weight excluding hydrogens is 238 g/mol. The minimum absolute atomic E-state index is 0.483. The maximum absolute atomic E-state index is 11.4. The minimum Gasteiger partial charge on any atom is -0.481 e. The van der Waals surface area contributed by atoms with Gasteiger partial charge in [-0.2, -0.15) is 0 Å². The van der Waals surface area contributed by atoms with Crippen molar-refractivity contribution >= 4 is 5.97 Å². The van der Waals surface area contributed by atoms with E-state index in [1.807, 2.05) is 6.92 Å². The summed E-state index contributed by atoms with van der Waals surface area (Å²) in [6.45, 7) is 6.79. The lowest BCUT2D eigenvalue weighted by atomic mass is 9.76. The Morgan fingerprint density at radius 1 is 1.37 bits per heavy atom. The molecule has 0 bridgehead atoms. The lowest BCUT2D eigenvalue weighted by Gasteiger charge is -2.38. The van der Waals surface area contributed by atoms with Crippen molar-refractivity contribution in [3.63, 3.8) is 0 Å². The molecule has 104 valence electrons. The molecule has 1 aromatic carbocycles. The third-order valence-electron chi connectivity index (χ3n) is 4.43. The topological polar surface area (TPSA) is 40.5 Å². The summed E-state index contributed by atoms with van der Waals surface area (Å²) in [5.74, 6) is -0.620. The van der Waals surface area contributed by atoms with E-state index in [-0.39, 0.29) is 0 Å². The first kappa shape index (κ1) is 14.1. The van der Waals surface area contributed by atoms with Crippen LogP contribution in [-0.2, 0) is 11.3 Å². The maximum atomic E-state index is 11.4. The standard InChI is InChI=1S/C16H23NO2/c1-3-16(15(18)19)7-9-17(10-8-16)12-14-6-4-5-13(2)11-14/h4-6,11H,3,7-10,12H2,1-2H3,(H,18,19). The molecule has 0 unspecified atom stereocenters. The van der Waals surface area contributed by atoms with Crippen LogP contribution in [0, 0.1) is 12.3 Å². The van der Waals surface area contributed by atoms with E-state index in [0.29, 0.717) is 0 Å². The highest BCUT2D eigenvalue weighted by Crippen LogP contribution is 2.35. The van der Waals surface area contributed by atoms with Crippen LogP contribution in [0.1, 0.15) is 37.3 Å². The van der Waals surface area contributed by atoms with Gasteiger partial charge in [-0.25, -0.2) is 0 Å². The van der Waals surface area contributed by atoms with Gasteiger partial charge in [0.2, 0.25) is 0 Å². The normalized spacial score (nSPS) is 19.3. The average molecular weight is 261 g/mol. The van der Waals surface area contributed by atoms with Crippen LogP contribution >= 0.6 is 0 Å². The number of hydrogen-bond acceptors (Lipinski definition) is 2. The van der Waals surface area contributed by atoms with E-state index < -0.39 is 11.4 Å². The van der Waals surface area contributed by atoms with Crippen LogP contribution in [0.4, 0.5) is 0 Å². The van der Waals surface area contributed by atoms with Crippen LogP contribution in [0.15, 0.2) is 24.3 Å². The maximum Gasteiger partial charge on any atom is 0.309 e. The van der Waals surface area contributed by atoms with Gasteiger partial charge < -0.3 is 5.11 Å². The molecular formula is C16H23NO2. The second-order valence-corrected chi connectivity index (χ2v) is 5.70. The van der Waals surface area contributed by atoms with Gasteiger partial charge >= 0.3 is 5.97 Å². The molecule has 19 heavy (non-hydrogen) atoms. The van der Waals surface area contributed by atoms with E-state index in [2.05, 4.69) is 36.1 Å². The van der Waals surface area contributed by atoms with Crippen LogP contribution in [0.3, 0.4) is 0 Å². The molecule has 0 amide bonds. The number of carboxylic acids is 1. The van der Waals surface area contributed by atoms with Gasteiger partial charge in [0, 0.05) is 6.54 Å². The molecule has 2 rings (SSSR count). The van der Waals surface area contributed by atoms with Crippen molar-refractivity contribution in [2.24, 2.45) is 5.41 Å². The van der Waals surface area contributed by atoms with Gasteiger partial charge in [-0.3, -0.25) is 9.69 Å². The lowest BCUT2D eigenvalue weighted by Crippen LogP contribution is -2.43. The summed E-state index contributed by atoms with van der Waals surface area (Å²) in [5.41, 5.74) is 2.12. The number of likely N-dealkylation sites (tertiary alicyclic amines) is 1. The second-order valence-electron chi connectivity index (χ2n) is 5.70. The quantitative estimate of drug-likeness (QED) is 0.905. The zero-order chi connectivity index (χ0) is 13.9. The molecule has 0 spiro atoms. The summed E-state index contributed by atoms with van der Waals surface area (Å²) in [4.78, 5) is 13.8. The predicted molar refractivity (Wildman–Crippen MR) is 76.0 cm³/mol. The highest BCUT2D eigenvalue weighted by atomic mass is 16.4. The highest BCUT2D eigenvalue weighted by Gasteiger charge is 2.39. The van der Waals surface area contributed by atoms with Gasteiger partial charge in [0.1, 0.15) is 0 Å². The van der Waals surface area contributed by atoms with Crippen molar-refractivity contribution in [2.45, 2.75) is 39.7 Å². The molecule has 0 aromatic heterocycles. The fourth-order valence-corrected chi connectivity index (χ4v) is 2.93. The Labute approximate surface area is 115 Å². The smallest absolute Gasteiger partial charge is 0.309 e. The van der Waals surface area contributed by atoms with Gasteiger partial charge in [-0.1, -0.05) is 36.8 Å². The van der Waals surface area contributed by atoms with E-state index in [4.69, 9.17) is 0 Å². The average Bonchev–Trinajstić information content (AvgIpc) is 2.39. The Bertz CT molecular complexity index is 448. The van der Waals surface area contributed by atoms with Crippen LogP contribution in [0.5, 0.6) is 0 Å². The molecule has 3 nitrogen and oxygen atoms in total. The molecule has 1 saturated heterocycles. The number of hydrogen-bond donors (Lipinski definition) is 1. The molecule has 3 heteroatoms. The van der Waals surface area contributed by atoms with Crippen molar-refractivity contribution in [1.29, 1.82) is 0 Å². The van der Waals surface area contributed by atoms with Gasteiger partial charge in [-0.05, 0) is 44.8 Å². The van der Waals surface area contributed by atoms with E-state index in [0.717, 1.165) is 38.9 Å². The second kappa shape index (κ2) is 5.74. The van der Waals surface area contributed by atoms with Gasteiger partial charge in [0.15, 0.2) is 0 Å². The molecule has 0 aliphatic carbocycles. The monoisotopic (exact) mass is 261 g/mol. The molecule has 0 saturated carbocycles. The fraction of sp³-hybridized carbons (Fsp3) is 0.562. The zero-order valence-electron chi connectivity index (χ0n) is 11.9. The third-order valence-corrected chi connectivity index (χ3v) is 4.43. The number of carboxylic acid groups (broad SMARTS) is 1. The number of piperidine rings is 1. The van der Waals surface area contributed by atoms with Crippen LogP contribution in [0.25, 0.3) is 0 Å². The Balaban J connectivity index is 1.95. The number of nitrogens with zero attached hydrogens (tertiary/aromatic N) is 1. The van der Waals surface area contributed by atoms with Crippen LogP contribution in [-0.4, -0.2) is 29.1 Å². The Hall–Kier alpha value is -1.35.